The lowest BCUT2D eigenvalue weighted by Crippen LogP contribution is -2.36. The number of aryl methyl sites for hydroxylation is 1. The second kappa shape index (κ2) is 10.8. The Morgan fingerprint density at radius 3 is 2.81 bits per heavy atom. The zero-order chi connectivity index (χ0) is 21.3. The highest BCUT2D eigenvalue weighted by molar-refractivity contribution is 5.76. The Hall–Kier alpha value is -3.11. The number of carbonyl (C=O) groups excluding carboxylic acids is 1. The van der Waals surface area contributed by atoms with Crippen molar-refractivity contribution in [2.45, 2.75) is 38.5 Å². The maximum atomic E-state index is 12.7. The van der Waals surface area contributed by atoms with E-state index in [9.17, 15) is 4.79 Å². The van der Waals surface area contributed by atoms with Crippen molar-refractivity contribution in [3.63, 3.8) is 0 Å². The molecule has 2 aromatic heterocycles. The van der Waals surface area contributed by atoms with E-state index >= 15 is 0 Å². The van der Waals surface area contributed by atoms with Gasteiger partial charge in [0.2, 0.25) is 5.91 Å². The number of ether oxygens (including phenoxy) is 1. The summed E-state index contributed by atoms with van der Waals surface area (Å²) < 4.78 is 9.15. The Bertz CT molecular complexity index is 922. The molecular formula is C21H28N8O2. The van der Waals surface area contributed by atoms with E-state index in [0.717, 1.165) is 37.7 Å². The van der Waals surface area contributed by atoms with Crippen LogP contribution < -0.4 is 5.32 Å². The second-order valence-electron chi connectivity index (χ2n) is 7.60. The van der Waals surface area contributed by atoms with Crippen molar-refractivity contribution in [3.8, 4) is 0 Å². The van der Waals surface area contributed by atoms with E-state index in [2.05, 4.69) is 30.7 Å². The van der Waals surface area contributed by atoms with Crippen molar-refractivity contribution in [2.75, 3.05) is 26.3 Å². The highest BCUT2D eigenvalue weighted by Gasteiger charge is 2.17. The van der Waals surface area contributed by atoms with E-state index in [1.165, 1.54) is 0 Å². The van der Waals surface area contributed by atoms with Gasteiger partial charge in [-0.15, -0.1) is 5.10 Å². The first-order valence-corrected chi connectivity index (χ1v) is 10.6. The van der Waals surface area contributed by atoms with Gasteiger partial charge in [-0.1, -0.05) is 30.3 Å². The van der Waals surface area contributed by atoms with Gasteiger partial charge in [0.1, 0.15) is 0 Å². The van der Waals surface area contributed by atoms with Crippen molar-refractivity contribution in [1.82, 2.24) is 40.0 Å². The number of nitrogens with zero attached hydrogens (tertiary/aromatic N) is 7. The van der Waals surface area contributed by atoms with Gasteiger partial charge >= 0.3 is 0 Å². The van der Waals surface area contributed by atoms with Gasteiger partial charge in [-0.2, -0.15) is 0 Å². The minimum absolute atomic E-state index is 0.0109. The third-order valence-corrected chi connectivity index (χ3v) is 5.34. The molecule has 1 aromatic carbocycles. The standard InChI is InChI=1S/C21H28N8O2/c30-21(23-19(15-28-10-8-22-17-28)18-5-2-1-3-6-18)7-4-9-29-20(24-25-26-29)16-27-11-13-31-14-12-27/h1-3,5-6,8,10,17,19H,4,7,9,11-16H2,(H,23,30)/t19-/m1/s1. The molecule has 4 rings (SSSR count). The highest BCUT2D eigenvalue weighted by atomic mass is 16.5. The van der Waals surface area contributed by atoms with Crippen molar-refractivity contribution in [3.05, 3.63) is 60.4 Å². The maximum Gasteiger partial charge on any atom is 0.220 e. The molecule has 0 spiro atoms. The summed E-state index contributed by atoms with van der Waals surface area (Å²) in [6, 6.07) is 9.88. The molecule has 3 heterocycles. The van der Waals surface area contributed by atoms with Crippen LogP contribution in [0.15, 0.2) is 49.1 Å². The second-order valence-corrected chi connectivity index (χ2v) is 7.60. The summed E-state index contributed by atoms with van der Waals surface area (Å²) in [5.41, 5.74) is 1.07. The number of imidazole rings is 1. The molecular weight excluding hydrogens is 396 g/mol. The molecule has 1 fully saturated rings. The Morgan fingerprint density at radius 1 is 1.19 bits per heavy atom. The van der Waals surface area contributed by atoms with Crippen LogP contribution in [0.25, 0.3) is 0 Å². The molecule has 3 aromatic rings. The van der Waals surface area contributed by atoms with Gasteiger partial charge < -0.3 is 14.6 Å². The Kier molecular flexibility index (Phi) is 7.35. The number of aromatic nitrogens is 6. The molecule has 0 aliphatic carbocycles. The number of hydrogen-bond donors (Lipinski definition) is 1. The van der Waals surface area contributed by atoms with Crippen LogP contribution in [0.1, 0.15) is 30.3 Å². The van der Waals surface area contributed by atoms with Crippen LogP contribution in [0.2, 0.25) is 0 Å². The number of hydrogen-bond acceptors (Lipinski definition) is 7. The molecule has 1 aliphatic rings. The molecule has 1 amide bonds. The zero-order valence-electron chi connectivity index (χ0n) is 17.5. The Labute approximate surface area is 181 Å². The largest absolute Gasteiger partial charge is 0.379 e. The molecule has 31 heavy (non-hydrogen) atoms. The molecule has 1 N–H and O–H groups in total. The summed E-state index contributed by atoms with van der Waals surface area (Å²) in [5, 5.41) is 15.2. The fourth-order valence-corrected chi connectivity index (χ4v) is 3.65. The summed E-state index contributed by atoms with van der Waals surface area (Å²) in [6.07, 6.45) is 6.47. The maximum absolute atomic E-state index is 12.7. The average molecular weight is 425 g/mol. The number of nitrogens with one attached hydrogen (secondary N) is 1. The molecule has 1 atom stereocenters. The van der Waals surface area contributed by atoms with Gasteiger partial charge in [0.15, 0.2) is 5.82 Å². The number of amides is 1. The Balaban J connectivity index is 1.28. The van der Waals surface area contributed by atoms with E-state index in [4.69, 9.17) is 4.74 Å². The van der Waals surface area contributed by atoms with Crippen LogP contribution in [0.4, 0.5) is 0 Å². The van der Waals surface area contributed by atoms with Crippen LogP contribution in [-0.2, 0) is 29.2 Å². The van der Waals surface area contributed by atoms with E-state index in [1.807, 2.05) is 41.1 Å². The molecule has 0 bridgehead atoms. The molecule has 10 heteroatoms. The lowest BCUT2D eigenvalue weighted by atomic mass is 10.1. The smallest absolute Gasteiger partial charge is 0.220 e. The predicted molar refractivity (Wildman–Crippen MR) is 113 cm³/mol. The van der Waals surface area contributed by atoms with Crippen molar-refractivity contribution >= 4 is 5.91 Å². The molecule has 0 saturated carbocycles. The zero-order valence-corrected chi connectivity index (χ0v) is 17.5. The summed E-state index contributed by atoms with van der Waals surface area (Å²) in [7, 11) is 0. The number of carbonyl (C=O) groups is 1. The number of rotatable bonds is 10. The first-order chi connectivity index (χ1) is 15.3. The first kappa shape index (κ1) is 21.1. The van der Waals surface area contributed by atoms with E-state index in [1.54, 1.807) is 17.2 Å². The van der Waals surface area contributed by atoms with Crippen molar-refractivity contribution in [1.29, 1.82) is 0 Å². The number of benzene rings is 1. The summed E-state index contributed by atoms with van der Waals surface area (Å²) in [6.45, 7) is 5.18. The molecule has 0 radical (unpaired) electrons. The number of tetrazole rings is 1. The molecule has 1 aliphatic heterocycles. The molecule has 0 unspecified atom stereocenters. The van der Waals surface area contributed by atoms with Crippen LogP contribution in [0.5, 0.6) is 0 Å². The molecule has 1 saturated heterocycles. The van der Waals surface area contributed by atoms with Gasteiger partial charge in [0.25, 0.3) is 0 Å². The van der Waals surface area contributed by atoms with Crippen molar-refractivity contribution < 1.29 is 9.53 Å². The predicted octanol–water partition coefficient (Wildman–Crippen LogP) is 1.04. The SMILES string of the molecule is O=C(CCCn1nnnc1CN1CCOCC1)N[C@H](Cn1ccnc1)c1ccccc1. The van der Waals surface area contributed by atoms with Gasteiger partial charge in [-0.25, -0.2) is 9.67 Å². The van der Waals surface area contributed by atoms with E-state index in [0.29, 0.717) is 32.5 Å². The highest BCUT2D eigenvalue weighted by Crippen LogP contribution is 2.15. The molecule has 164 valence electrons. The third-order valence-electron chi connectivity index (χ3n) is 5.34. The average Bonchev–Trinajstić information content (AvgIpc) is 3.47. The molecule has 10 nitrogen and oxygen atoms in total. The van der Waals surface area contributed by atoms with E-state index in [-0.39, 0.29) is 11.9 Å². The summed E-state index contributed by atoms with van der Waals surface area (Å²) >= 11 is 0. The fraction of sp³-hybridized carbons (Fsp3) is 0.476. The van der Waals surface area contributed by atoms with Gasteiger partial charge in [-0.05, 0) is 22.4 Å². The van der Waals surface area contributed by atoms with Crippen LogP contribution in [0, 0.1) is 0 Å². The van der Waals surface area contributed by atoms with Gasteiger partial charge in [0.05, 0.1) is 32.1 Å². The van der Waals surface area contributed by atoms with Gasteiger partial charge in [0, 0.05) is 45.0 Å². The minimum atomic E-state index is -0.118. The number of morpholine rings is 1. The van der Waals surface area contributed by atoms with E-state index < -0.39 is 0 Å². The minimum Gasteiger partial charge on any atom is -0.379 e. The lowest BCUT2D eigenvalue weighted by Gasteiger charge is -2.25. The fourth-order valence-electron chi connectivity index (χ4n) is 3.65. The first-order valence-electron chi connectivity index (χ1n) is 10.6. The van der Waals surface area contributed by atoms with Crippen LogP contribution >= 0.6 is 0 Å². The quantitative estimate of drug-likeness (QED) is 0.519. The Morgan fingerprint density at radius 2 is 2.03 bits per heavy atom. The third kappa shape index (κ3) is 6.19. The topological polar surface area (TPSA) is 103 Å². The summed E-state index contributed by atoms with van der Waals surface area (Å²) in [4.78, 5) is 19.0. The van der Waals surface area contributed by atoms with Crippen LogP contribution in [-0.4, -0.2) is 66.9 Å². The lowest BCUT2D eigenvalue weighted by molar-refractivity contribution is -0.122. The monoisotopic (exact) mass is 424 g/mol. The van der Waals surface area contributed by atoms with Gasteiger partial charge in [-0.3, -0.25) is 9.69 Å². The normalized spacial score (nSPS) is 15.6. The van der Waals surface area contributed by atoms with Crippen molar-refractivity contribution in [2.24, 2.45) is 0 Å². The van der Waals surface area contributed by atoms with Crippen LogP contribution in [0.3, 0.4) is 0 Å². The summed E-state index contributed by atoms with van der Waals surface area (Å²) in [5.74, 6) is 0.835.